The van der Waals surface area contributed by atoms with Crippen molar-refractivity contribution >= 4 is 0 Å². The summed E-state index contributed by atoms with van der Waals surface area (Å²) in [5, 5.41) is 0. The van der Waals surface area contributed by atoms with Gasteiger partial charge in [0.05, 0.1) is 5.92 Å². The number of rotatable bonds is 4. The van der Waals surface area contributed by atoms with E-state index in [0.717, 1.165) is 18.4 Å². The lowest BCUT2D eigenvalue weighted by Gasteiger charge is -2.32. The highest BCUT2D eigenvalue weighted by atomic mass is 14.3. The lowest BCUT2D eigenvalue weighted by molar-refractivity contribution is 0.377. The Bertz CT molecular complexity index is 877. The van der Waals surface area contributed by atoms with Gasteiger partial charge in [0.2, 0.25) is 0 Å². The first kappa shape index (κ1) is 25.7. The van der Waals surface area contributed by atoms with Gasteiger partial charge < -0.3 is 0 Å². The zero-order valence-electron chi connectivity index (χ0n) is 20.5. The molecule has 0 saturated carbocycles. The number of hydrogen-bond acceptors (Lipinski definition) is 0. The van der Waals surface area contributed by atoms with Crippen molar-refractivity contribution in [3.63, 3.8) is 0 Å². The third-order valence-corrected chi connectivity index (χ3v) is 5.28. The van der Waals surface area contributed by atoms with Crippen molar-refractivity contribution in [1.82, 2.24) is 0 Å². The van der Waals surface area contributed by atoms with Crippen LogP contribution >= 0.6 is 0 Å². The zero-order chi connectivity index (χ0) is 22.6. The Morgan fingerprint density at radius 1 is 1.10 bits per heavy atom. The summed E-state index contributed by atoms with van der Waals surface area (Å²) in [6, 6.07) is 0. The summed E-state index contributed by atoms with van der Waals surface area (Å²) in [6.45, 7) is 17.6. The molecule has 0 fully saturated rings. The Hall–Kier alpha value is -2.36. The molecule has 0 aliphatic heterocycles. The van der Waals surface area contributed by atoms with E-state index in [0.29, 0.717) is 5.92 Å². The van der Waals surface area contributed by atoms with Gasteiger partial charge in [-0.2, -0.15) is 0 Å². The molecule has 0 amide bonds. The summed E-state index contributed by atoms with van der Waals surface area (Å²) in [4.78, 5) is 0. The van der Waals surface area contributed by atoms with E-state index in [1.165, 1.54) is 36.0 Å². The molecule has 0 N–H and O–H groups in total. The minimum absolute atomic E-state index is 0.133. The molecule has 0 heteroatoms. The highest BCUT2D eigenvalue weighted by molar-refractivity contribution is 5.39. The summed E-state index contributed by atoms with van der Waals surface area (Å²) in [5.74, 6) is 19.9. The maximum Gasteiger partial charge on any atom is 0.0783 e. The molecule has 1 unspecified atom stereocenters. The molecule has 1 aliphatic rings. The maximum absolute atomic E-state index is 3.21. The molecule has 0 heterocycles. The van der Waals surface area contributed by atoms with E-state index in [1.807, 2.05) is 13.0 Å². The molecule has 0 radical (unpaired) electrons. The van der Waals surface area contributed by atoms with Gasteiger partial charge in [-0.3, -0.25) is 0 Å². The van der Waals surface area contributed by atoms with E-state index in [4.69, 9.17) is 0 Å². The molecule has 0 saturated heterocycles. The lowest BCUT2D eigenvalue weighted by Crippen LogP contribution is -2.19. The van der Waals surface area contributed by atoms with E-state index >= 15 is 0 Å². The van der Waals surface area contributed by atoms with Gasteiger partial charge in [-0.1, -0.05) is 81.1 Å². The van der Waals surface area contributed by atoms with Gasteiger partial charge >= 0.3 is 0 Å². The Morgan fingerprint density at radius 2 is 1.80 bits per heavy atom. The SMILES string of the molecule is CC1=C(/C=C/C(C)=C/C#C/C(C)=C/CC#CC(C)C#CCC(C)C)C(C)(C)CCC1. The second-order valence-electron chi connectivity index (χ2n) is 9.48. The Balaban J connectivity index is 2.62. The third-order valence-electron chi connectivity index (χ3n) is 5.28. The summed E-state index contributed by atoms with van der Waals surface area (Å²) in [6.07, 6.45) is 14.0. The highest BCUT2D eigenvalue weighted by Crippen LogP contribution is 2.40. The monoisotopic (exact) mass is 400 g/mol. The van der Waals surface area contributed by atoms with Crippen molar-refractivity contribution in [2.75, 3.05) is 0 Å². The number of allylic oxidation sites excluding steroid dienone is 8. The van der Waals surface area contributed by atoms with Crippen LogP contribution in [0.1, 0.15) is 87.5 Å². The zero-order valence-corrected chi connectivity index (χ0v) is 20.5. The van der Waals surface area contributed by atoms with Gasteiger partial charge in [-0.15, -0.1) is 5.92 Å². The molecule has 30 heavy (non-hydrogen) atoms. The topological polar surface area (TPSA) is 0 Å². The van der Waals surface area contributed by atoms with Gasteiger partial charge in [0.1, 0.15) is 0 Å². The molecule has 0 aromatic heterocycles. The predicted molar refractivity (Wildman–Crippen MR) is 134 cm³/mol. The fraction of sp³-hybridized carbons (Fsp3) is 0.533. The van der Waals surface area contributed by atoms with Gasteiger partial charge in [0, 0.05) is 12.8 Å². The predicted octanol–water partition coefficient (Wildman–Crippen LogP) is 8.04. The second-order valence-corrected chi connectivity index (χ2v) is 9.48. The van der Waals surface area contributed by atoms with Crippen LogP contribution in [0.15, 0.2) is 46.6 Å². The minimum atomic E-state index is 0.133. The summed E-state index contributed by atoms with van der Waals surface area (Å²) in [5.41, 5.74) is 5.55. The first-order valence-electron chi connectivity index (χ1n) is 11.3. The van der Waals surface area contributed by atoms with Gasteiger partial charge in [0.25, 0.3) is 0 Å². The van der Waals surface area contributed by atoms with Gasteiger partial charge in [-0.25, -0.2) is 0 Å². The van der Waals surface area contributed by atoms with Crippen LogP contribution in [0.3, 0.4) is 0 Å². The molecule has 0 nitrogen and oxygen atoms in total. The van der Waals surface area contributed by atoms with Crippen molar-refractivity contribution in [1.29, 1.82) is 0 Å². The standard InChI is InChI=1S/C30H40/c1-24(2)14-11-17-25(3)15-9-10-16-26(4)18-12-19-27(5)21-22-29-28(6)20-13-23-30(29,7)8/h16,19,21-22,24-25H,10,13-14,20,23H2,1-8H3/b22-21+,26-16+,27-19+. The Labute approximate surface area is 187 Å². The largest absolute Gasteiger partial charge is 0.102 e. The summed E-state index contributed by atoms with van der Waals surface area (Å²) < 4.78 is 0. The van der Waals surface area contributed by atoms with Crippen LogP contribution in [-0.2, 0) is 0 Å². The van der Waals surface area contributed by atoms with Crippen LogP contribution in [0.25, 0.3) is 0 Å². The second kappa shape index (κ2) is 13.0. The smallest absolute Gasteiger partial charge is 0.0783 e. The number of hydrogen-bond donors (Lipinski definition) is 0. The van der Waals surface area contributed by atoms with Crippen LogP contribution in [0.4, 0.5) is 0 Å². The molecule has 1 aliphatic carbocycles. The van der Waals surface area contributed by atoms with Crippen molar-refractivity contribution in [2.45, 2.75) is 87.5 Å². The maximum atomic E-state index is 3.21. The van der Waals surface area contributed by atoms with E-state index in [1.54, 1.807) is 0 Å². The summed E-state index contributed by atoms with van der Waals surface area (Å²) in [7, 11) is 0. The van der Waals surface area contributed by atoms with Crippen molar-refractivity contribution in [3.05, 3.63) is 46.6 Å². The van der Waals surface area contributed by atoms with Crippen molar-refractivity contribution in [3.8, 4) is 35.5 Å². The van der Waals surface area contributed by atoms with E-state index in [-0.39, 0.29) is 11.3 Å². The molecular formula is C30H40. The Morgan fingerprint density at radius 3 is 2.47 bits per heavy atom. The Kier molecular flexibility index (Phi) is 11.2. The van der Waals surface area contributed by atoms with E-state index in [2.05, 4.69) is 102 Å². The molecule has 1 rings (SSSR count). The van der Waals surface area contributed by atoms with Gasteiger partial charge in [0.15, 0.2) is 0 Å². The average Bonchev–Trinajstić information content (AvgIpc) is 2.64. The van der Waals surface area contributed by atoms with Crippen LogP contribution in [0.5, 0.6) is 0 Å². The van der Waals surface area contributed by atoms with Crippen LogP contribution < -0.4 is 0 Å². The van der Waals surface area contributed by atoms with E-state index in [9.17, 15) is 0 Å². The average molecular weight is 401 g/mol. The van der Waals surface area contributed by atoms with Crippen LogP contribution in [0.2, 0.25) is 0 Å². The van der Waals surface area contributed by atoms with Crippen molar-refractivity contribution in [2.24, 2.45) is 17.3 Å². The molecule has 0 aromatic carbocycles. The quantitative estimate of drug-likeness (QED) is 0.331. The highest BCUT2D eigenvalue weighted by Gasteiger charge is 2.26. The molecule has 0 spiro atoms. The first-order valence-corrected chi connectivity index (χ1v) is 11.3. The fourth-order valence-electron chi connectivity index (χ4n) is 3.46. The lowest BCUT2D eigenvalue weighted by atomic mass is 9.72. The minimum Gasteiger partial charge on any atom is -0.102 e. The van der Waals surface area contributed by atoms with Crippen molar-refractivity contribution < 1.29 is 0 Å². The molecule has 1 atom stereocenters. The molecule has 0 bridgehead atoms. The van der Waals surface area contributed by atoms with Crippen LogP contribution in [0, 0.1) is 52.8 Å². The molecule has 160 valence electrons. The molecule has 0 aromatic rings. The first-order chi connectivity index (χ1) is 14.1. The van der Waals surface area contributed by atoms with Gasteiger partial charge in [-0.05, 0) is 81.1 Å². The van der Waals surface area contributed by atoms with E-state index < -0.39 is 0 Å². The third kappa shape index (κ3) is 10.4. The van der Waals surface area contributed by atoms with Crippen LogP contribution in [-0.4, -0.2) is 0 Å². The molecular weight excluding hydrogens is 360 g/mol. The summed E-state index contributed by atoms with van der Waals surface area (Å²) >= 11 is 0. The fourth-order valence-corrected chi connectivity index (χ4v) is 3.46. The normalized spacial score (nSPS) is 17.6.